The van der Waals surface area contributed by atoms with Gasteiger partial charge in [-0.05, 0) is 44.0 Å². The second-order valence-electron chi connectivity index (χ2n) is 5.32. The minimum atomic E-state index is -0.985. The molecule has 1 amide bonds. The third-order valence-corrected chi connectivity index (χ3v) is 3.51. The zero-order chi connectivity index (χ0) is 17.0. The molecule has 5 heteroatoms. The van der Waals surface area contributed by atoms with Gasteiger partial charge in [-0.15, -0.1) is 0 Å². The van der Waals surface area contributed by atoms with Gasteiger partial charge in [0.25, 0.3) is 5.91 Å². The molecule has 0 aliphatic carbocycles. The van der Waals surface area contributed by atoms with E-state index in [9.17, 15) is 14.7 Å². The average molecular weight is 313 g/mol. The maximum Gasteiger partial charge on any atom is 0.342 e. The number of anilines is 1. The van der Waals surface area contributed by atoms with Crippen LogP contribution in [-0.4, -0.2) is 23.1 Å². The van der Waals surface area contributed by atoms with Gasteiger partial charge in [0.1, 0.15) is 11.3 Å². The fourth-order valence-electron chi connectivity index (χ4n) is 2.16. The van der Waals surface area contributed by atoms with Crippen molar-refractivity contribution in [3.63, 3.8) is 0 Å². The standard InChI is InChI=1S/C18H19NO4/c1-11-7-6-8-12(2)16(11)19-17(21)13(3)23-18(22)14-9-4-5-10-15(14)20/h4-10,13,20H,1-3H3,(H,19,21). The molecule has 23 heavy (non-hydrogen) atoms. The lowest BCUT2D eigenvalue weighted by Crippen LogP contribution is -2.30. The van der Waals surface area contributed by atoms with Crippen LogP contribution in [0.3, 0.4) is 0 Å². The number of esters is 1. The molecule has 0 fully saturated rings. The highest BCUT2D eigenvalue weighted by Gasteiger charge is 2.21. The summed E-state index contributed by atoms with van der Waals surface area (Å²) in [6.07, 6.45) is -0.985. The molecule has 1 atom stereocenters. The largest absolute Gasteiger partial charge is 0.507 e. The van der Waals surface area contributed by atoms with Gasteiger partial charge < -0.3 is 15.2 Å². The lowest BCUT2D eigenvalue weighted by molar-refractivity contribution is -0.123. The van der Waals surface area contributed by atoms with E-state index in [0.717, 1.165) is 11.1 Å². The van der Waals surface area contributed by atoms with Crippen LogP contribution in [0.2, 0.25) is 0 Å². The van der Waals surface area contributed by atoms with E-state index in [1.807, 2.05) is 32.0 Å². The van der Waals surface area contributed by atoms with Gasteiger partial charge in [0, 0.05) is 5.69 Å². The number of hydrogen-bond donors (Lipinski definition) is 2. The van der Waals surface area contributed by atoms with Crippen LogP contribution in [0, 0.1) is 13.8 Å². The average Bonchev–Trinajstić information content (AvgIpc) is 2.51. The van der Waals surface area contributed by atoms with Gasteiger partial charge in [-0.1, -0.05) is 30.3 Å². The molecule has 0 heterocycles. The molecule has 0 saturated carbocycles. The summed E-state index contributed by atoms with van der Waals surface area (Å²) in [5, 5.41) is 12.4. The molecule has 1 unspecified atom stereocenters. The fourth-order valence-corrected chi connectivity index (χ4v) is 2.16. The molecule has 2 rings (SSSR count). The number of hydrogen-bond acceptors (Lipinski definition) is 4. The number of aromatic hydroxyl groups is 1. The number of carbonyl (C=O) groups excluding carboxylic acids is 2. The van der Waals surface area contributed by atoms with Gasteiger partial charge in [0.15, 0.2) is 6.10 Å². The molecule has 2 aromatic carbocycles. The molecular weight excluding hydrogens is 294 g/mol. The van der Waals surface area contributed by atoms with E-state index < -0.39 is 18.0 Å². The summed E-state index contributed by atoms with van der Waals surface area (Å²) >= 11 is 0. The Bertz CT molecular complexity index is 719. The number of phenolic OH excluding ortho intramolecular Hbond substituents is 1. The first-order valence-corrected chi connectivity index (χ1v) is 7.26. The minimum Gasteiger partial charge on any atom is -0.507 e. The topological polar surface area (TPSA) is 75.6 Å². The Morgan fingerprint density at radius 3 is 2.26 bits per heavy atom. The Labute approximate surface area is 134 Å². The number of rotatable bonds is 4. The number of aryl methyl sites for hydroxylation is 2. The Morgan fingerprint density at radius 2 is 1.65 bits per heavy atom. The quantitative estimate of drug-likeness (QED) is 0.850. The van der Waals surface area contributed by atoms with Crippen LogP contribution in [0.4, 0.5) is 5.69 Å². The highest BCUT2D eigenvalue weighted by molar-refractivity contribution is 5.99. The SMILES string of the molecule is Cc1cccc(C)c1NC(=O)C(C)OC(=O)c1ccccc1O. The van der Waals surface area contributed by atoms with Crippen molar-refractivity contribution in [1.29, 1.82) is 0 Å². The maximum atomic E-state index is 12.2. The van der Waals surface area contributed by atoms with E-state index in [-0.39, 0.29) is 11.3 Å². The van der Waals surface area contributed by atoms with Gasteiger partial charge in [0.05, 0.1) is 0 Å². The predicted molar refractivity (Wildman–Crippen MR) is 87.5 cm³/mol. The number of ether oxygens (including phenoxy) is 1. The minimum absolute atomic E-state index is 0.0271. The summed E-state index contributed by atoms with van der Waals surface area (Å²) in [5.41, 5.74) is 2.59. The van der Waals surface area contributed by atoms with E-state index in [1.165, 1.54) is 19.1 Å². The van der Waals surface area contributed by atoms with Crippen LogP contribution < -0.4 is 5.32 Å². The Hall–Kier alpha value is -2.82. The van der Waals surface area contributed by atoms with E-state index in [2.05, 4.69) is 5.32 Å². The highest BCUT2D eigenvalue weighted by atomic mass is 16.5. The van der Waals surface area contributed by atoms with E-state index in [0.29, 0.717) is 5.69 Å². The normalized spacial score (nSPS) is 11.6. The van der Waals surface area contributed by atoms with Crippen molar-refractivity contribution >= 4 is 17.6 Å². The maximum absolute atomic E-state index is 12.2. The van der Waals surface area contributed by atoms with E-state index in [1.54, 1.807) is 12.1 Å². The van der Waals surface area contributed by atoms with Gasteiger partial charge in [-0.2, -0.15) is 0 Å². The lowest BCUT2D eigenvalue weighted by atomic mass is 10.1. The van der Waals surface area contributed by atoms with E-state index in [4.69, 9.17) is 4.74 Å². The molecule has 5 nitrogen and oxygen atoms in total. The summed E-state index contributed by atoms with van der Waals surface area (Å²) in [7, 11) is 0. The third kappa shape index (κ3) is 3.88. The van der Waals surface area contributed by atoms with E-state index >= 15 is 0 Å². The Morgan fingerprint density at radius 1 is 1.04 bits per heavy atom. The number of phenols is 1. The molecule has 120 valence electrons. The van der Waals surface area contributed by atoms with Crippen LogP contribution in [0.5, 0.6) is 5.75 Å². The van der Waals surface area contributed by atoms with Crippen LogP contribution in [0.1, 0.15) is 28.4 Å². The smallest absolute Gasteiger partial charge is 0.342 e. The fraction of sp³-hybridized carbons (Fsp3) is 0.222. The monoisotopic (exact) mass is 313 g/mol. The number of benzene rings is 2. The summed E-state index contributed by atoms with van der Waals surface area (Å²) in [6.45, 7) is 5.27. The molecule has 0 spiro atoms. The number of para-hydroxylation sites is 2. The van der Waals surface area contributed by atoms with Crippen molar-refractivity contribution in [3.8, 4) is 5.75 Å². The van der Waals surface area contributed by atoms with Crippen LogP contribution >= 0.6 is 0 Å². The molecule has 0 radical (unpaired) electrons. The molecule has 0 saturated heterocycles. The van der Waals surface area contributed by atoms with Crippen molar-refractivity contribution in [2.75, 3.05) is 5.32 Å². The molecular formula is C18H19NO4. The van der Waals surface area contributed by atoms with Crippen LogP contribution in [0.15, 0.2) is 42.5 Å². The summed E-state index contributed by atoms with van der Waals surface area (Å²) < 4.78 is 5.12. The zero-order valence-corrected chi connectivity index (χ0v) is 13.3. The van der Waals surface area contributed by atoms with Gasteiger partial charge in [-0.25, -0.2) is 4.79 Å². The molecule has 0 aromatic heterocycles. The van der Waals surface area contributed by atoms with Crippen molar-refractivity contribution in [2.24, 2.45) is 0 Å². The second-order valence-corrected chi connectivity index (χ2v) is 5.32. The van der Waals surface area contributed by atoms with Crippen molar-refractivity contribution in [3.05, 3.63) is 59.2 Å². The first-order valence-electron chi connectivity index (χ1n) is 7.26. The van der Waals surface area contributed by atoms with Crippen LogP contribution in [-0.2, 0) is 9.53 Å². The second kappa shape index (κ2) is 6.96. The summed E-state index contributed by atoms with van der Waals surface area (Å²) in [6, 6.07) is 11.7. The van der Waals surface area contributed by atoms with Gasteiger partial charge in [-0.3, -0.25) is 4.79 Å². The Kier molecular flexibility index (Phi) is 5.01. The Balaban J connectivity index is 2.06. The number of nitrogens with one attached hydrogen (secondary N) is 1. The third-order valence-electron chi connectivity index (χ3n) is 3.51. The molecule has 0 bridgehead atoms. The van der Waals surface area contributed by atoms with Crippen molar-refractivity contribution < 1.29 is 19.4 Å². The summed E-state index contributed by atoms with van der Waals surface area (Å²) in [4.78, 5) is 24.2. The molecule has 0 aliphatic rings. The predicted octanol–water partition coefficient (Wildman–Crippen LogP) is 3.19. The number of amides is 1. The van der Waals surface area contributed by atoms with Crippen molar-refractivity contribution in [1.82, 2.24) is 0 Å². The highest BCUT2D eigenvalue weighted by Crippen LogP contribution is 2.21. The summed E-state index contributed by atoms with van der Waals surface area (Å²) in [5.74, 6) is -1.35. The van der Waals surface area contributed by atoms with Crippen molar-refractivity contribution in [2.45, 2.75) is 26.9 Å². The lowest BCUT2D eigenvalue weighted by Gasteiger charge is -2.16. The molecule has 2 N–H and O–H groups in total. The zero-order valence-electron chi connectivity index (χ0n) is 13.3. The first kappa shape index (κ1) is 16.5. The van der Waals surface area contributed by atoms with Gasteiger partial charge in [0.2, 0.25) is 0 Å². The molecule has 2 aromatic rings. The number of carbonyl (C=O) groups is 2. The van der Waals surface area contributed by atoms with Gasteiger partial charge >= 0.3 is 5.97 Å². The first-order chi connectivity index (χ1) is 10.9. The molecule has 0 aliphatic heterocycles. The van der Waals surface area contributed by atoms with Crippen LogP contribution in [0.25, 0.3) is 0 Å².